The minimum atomic E-state index is -1.56. The van der Waals surface area contributed by atoms with Crippen LogP contribution in [0.2, 0.25) is 0 Å². The molecule has 1 aromatic rings. The van der Waals surface area contributed by atoms with Gasteiger partial charge in [-0.1, -0.05) is 17.4 Å². The minimum absolute atomic E-state index is 0.148. The largest absolute Gasteiger partial charge is 0.497 e. The molecule has 1 N–H and O–H groups in total. The van der Waals surface area contributed by atoms with E-state index in [0.717, 1.165) is 5.56 Å². The van der Waals surface area contributed by atoms with Gasteiger partial charge < -0.3 is 14.6 Å². The van der Waals surface area contributed by atoms with Crippen LogP contribution >= 0.6 is 0 Å². The maximum absolute atomic E-state index is 12.1. The Morgan fingerprint density at radius 3 is 2.52 bits per heavy atom. The summed E-state index contributed by atoms with van der Waals surface area (Å²) in [7, 11) is 1.56. The number of benzene rings is 1. The van der Waals surface area contributed by atoms with Crippen LogP contribution in [0.25, 0.3) is 0 Å². The Bertz CT molecular complexity index is 616. The van der Waals surface area contributed by atoms with Crippen LogP contribution in [0.4, 0.5) is 0 Å². The number of carbonyl (C=O) groups excluding carboxylic acids is 1. The fourth-order valence-electron chi connectivity index (χ4n) is 2.39. The van der Waals surface area contributed by atoms with Crippen LogP contribution in [0.5, 0.6) is 5.75 Å². The molecule has 2 rings (SSSR count). The number of hydrogen-bond donors (Lipinski definition) is 1. The Morgan fingerprint density at radius 1 is 1.35 bits per heavy atom. The molecule has 2 atom stereocenters. The molecule has 1 heterocycles. The summed E-state index contributed by atoms with van der Waals surface area (Å²) < 4.78 is 10.0. The van der Waals surface area contributed by atoms with Gasteiger partial charge in [-0.05, 0) is 31.5 Å². The van der Waals surface area contributed by atoms with Gasteiger partial charge in [-0.3, -0.25) is 5.01 Å². The quantitative estimate of drug-likeness (QED) is 0.800. The van der Waals surface area contributed by atoms with Crippen LogP contribution < -0.4 is 4.74 Å². The maximum Gasteiger partial charge on any atom is 0.338 e. The van der Waals surface area contributed by atoms with E-state index < -0.39 is 23.5 Å². The first-order chi connectivity index (χ1) is 10.9. The lowest BCUT2D eigenvalue weighted by molar-refractivity contribution is -0.157. The van der Waals surface area contributed by atoms with Crippen molar-refractivity contribution in [3.8, 4) is 5.75 Å². The van der Waals surface area contributed by atoms with Gasteiger partial charge in [0.25, 0.3) is 0 Å². The summed E-state index contributed by atoms with van der Waals surface area (Å²) in [6.45, 7) is 3.42. The standard InChI is InChI=1S/C15H19N3O5/c1-4-23-14(21)15(2)12(13(19)20)18(17-16-15)9-10-5-7-11(22-3)8-6-10/h5-8,12H,4,9H2,1-3H3,(H,19,20). The van der Waals surface area contributed by atoms with Gasteiger partial charge in [-0.2, -0.15) is 0 Å². The Kier molecular flexibility index (Phi) is 4.83. The number of methoxy groups -OCH3 is 1. The van der Waals surface area contributed by atoms with Crippen LogP contribution in [0.3, 0.4) is 0 Å². The molecule has 0 fully saturated rings. The molecule has 1 aromatic carbocycles. The van der Waals surface area contributed by atoms with Gasteiger partial charge in [0.15, 0.2) is 6.04 Å². The number of esters is 1. The molecule has 0 radical (unpaired) electrons. The molecule has 0 saturated heterocycles. The second-order valence-electron chi connectivity index (χ2n) is 5.24. The zero-order valence-electron chi connectivity index (χ0n) is 13.2. The number of nitrogens with zero attached hydrogens (tertiary/aromatic N) is 3. The summed E-state index contributed by atoms with van der Waals surface area (Å²) >= 11 is 0. The van der Waals surface area contributed by atoms with Crippen molar-refractivity contribution in [2.45, 2.75) is 32.0 Å². The van der Waals surface area contributed by atoms with Crippen molar-refractivity contribution in [3.63, 3.8) is 0 Å². The average molecular weight is 321 g/mol. The van der Waals surface area contributed by atoms with Crippen LogP contribution in [0.15, 0.2) is 34.6 Å². The first-order valence-electron chi connectivity index (χ1n) is 7.14. The summed E-state index contributed by atoms with van der Waals surface area (Å²) in [5, 5.41) is 18.5. The monoisotopic (exact) mass is 321 g/mol. The molecule has 0 aromatic heterocycles. The van der Waals surface area contributed by atoms with Gasteiger partial charge in [0.1, 0.15) is 5.75 Å². The van der Waals surface area contributed by atoms with Gasteiger partial charge >= 0.3 is 11.9 Å². The molecule has 1 aliphatic heterocycles. The van der Waals surface area contributed by atoms with E-state index in [0.29, 0.717) is 5.75 Å². The van der Waals surface area contributed by atoms with Gasteiger partial charge in [0.2, 0.25) is 5.54 Å². The predicted octanol–water partition coefficient (Wildman–Crippen LogP) is 1.65. The Morgan fingerprint density at radius 2 is 2.00 bits per heavy atom. The lowest BCUT2D eigenvalue weighted by Crippen LogP contribution is -2.53. The van der Waals surface area contributed by atoms with Crippen molar-refractivity contribution in [2.24, 2.45) is 10.3 Å². The molecule has 1 aliphatic rings. The highest BCUT2D eigenvalue weighted by Crippen LogP contribution is 2.31. The zero-order valence-corrected chi connectivity index (χ0v) is 13.2. The number of hydrogen-bond acceptors (Lipinski definition) is 7. The number of carbonyl (C=O) groups is 2. The molecule has 0 bridgehead atoms. The van der Waals surface area contributed by atoms with Crippen LogP contribution in [0, 0.1) is 0 Å². The number of ether oxygens (including phenoxy) is 2. The number of aliphatic carboxylic acids is 1. The van der Waals surface area contributed by atoms with Crippen LogP contribution in [-0.2, 0) is 20.9 Å². The summed E-state index contributed by atoms with van der Waals surface area (Å²) in [5.41, 5.74) is -0.738. The topological polar surface area (TPSA) is 101 Å². The lowest BCUT2D eigenvalue weighted by atomic mass is 9.93. The summed E-state index contributed by atoms with van der Waals surface area (Å²) in [6, 6.07) is 5.91. The third-order valence-corrected chi connectivity index (χ3v) is 3.62. The SMILES string of the molecule is CCOC(=O)C1(C)N=NN(Cc2ccc(OC)cc2)C1C(=O)O. The van der Waals surface area contributed by atoms with E-state index in [1.807, 2.05) is 0 Å². The van der Waals surface area contributed by atoms with Gasteiger partial charge in [0.05, 0.1) is 20.3 Å². The van der Waals surface area contributed by atoms with Crippen molar-refractivity contribution >= 4 is 11.9 Å². The molecule has 0 aliphatic carbocycles. The van der Waals surface area contributed by atoms with Crippen molar-refractivity contribution in [3.05, 3.63) is 29.8 Å². The van der Waals surface area contributed by atoms with Crippen molar-refractivity contribution in [1.82, 2.24) is 5.01 Å². The lowest BCUT2D eigenvalue weighted by Gasteiger charge is -2.27. The third kappa shape index (κ3) is 3.25. The molecule has 8 heteroatoms. The van der Waals surface area contributed by atoms with Crippen molar-refractivity contribution in [2.75, 3.05) is 13.7 Å². The van der Waals surface area contributed by atoms with Crippen LogP contribution in [0.1, 0.15) is 19.4 Å². The number of carboxylic acids is 1. The first kappa shape index (κ1) is 16.7. The maximum atomic E-state index is 12.1. The minimum Gasteiger partial charge on any atom is -0.497 e. The molecule has 0 spiro atoms. The number of rotatable bonds is 6. The Labute approximate surface area is 133 Å². The fraction of sp³-hybridized carbons (Fsp3) is 0.467. The molecule has 23 heavy (non-hydrogen) atoms. The van der Waals surface area contributed by atoms with E-state index in [4.69, 9.17) is 9.47 Å². The van der Waals surface area contributed by atoms with E-state index in [-0.39, 0.29) is 13.2 Å². The van der Waals surface area contributed by atoms with E-state index >= 15 is 0 Å². The Balaban J connectivity index is 2.20. The Hall–Kier alpha value is -2.64. The van der Waals surface area contributed by atoms with Gasteiger partial charge in [-0.25, -0.2) is 9.59 Å². The van der Waals surface area contributed by atoms with Crippen LogP contribution in [-0.4, -0.2) is 47.4 Å². The summed E-state index contributed by atoms with van der Waals surface area (Å²) in [6.07, 6.45) is 0. The predicted molar refractivity (Wildman–Crippen MR) is 79.9 cm³/mol. The molecular weight excluding hydrogens is 302 g/mol. The fourth-order valence-corrected chi connectivity index (χ4v) is 2.39. The van der Waals surface area contributed by atoms with E-state index in [9.17, 15) is 14.7 Å². The first-order valence-corrected chi connectivity index (χ1v) is 7.14. The molecule has 2 unspecified atom stereocenters. The average Bonchev–Trinajstić information content (AvgIpc) is 2.86. The normalized spacial score (nSPS) is 22.9. The molecule has 0 saturated carbocycles. The molecule has 8 nitrogen and oxygen atoms in total. The second-order valence-corrected chi connectivity index (χ2v) is 5.24. The summed E-state index contributed by atoms with van der Waals surface area (Å²) in [4.78, 5) is 23.7. The highest BCUT2D eigenvalue weighted by molar-refractivity contribution is 5.90. The molecular formula is C15H19N3O5. The van der Waals surface area contributed by atoms with Gasteiger partial charge in [-0.15, -0.1) is 5.11 Å². The van der Waals surface area contributed by atoms with Gasteiger partial charge in [0, 0.05) is 0 Å². The zero-order chi connectivity index (χ0) is 17.0. The summed E-state index contributed by atoms with van der Waals surface area (Å²) in [5.74, 6) is -1.18. The van der Waals surface area contributed by atoms with Crippen molar-refractivity contribution < 1.29 is 24.2 Å². The second kappa shape index (κ2) is 6.64. The van der Waals surface area contributed by atoms with E-state index in [2.05, 4.69) is 10.3 Å². The number of carboxylic acid groups (broad SMARTS) is 1. The highest BCUT2D eigenvalue weighted by atomic mass is 16.5. The van der Waals surface area contributed by atoms with E-state index in [1.54, 1.807) is 38.3 Å². The third-order valence-electron chi connectivity index (χ3n) is 3.62. The smallest absolute Gasteiger partial charge is 0.338 e. The van der Waals surface area contributed by atoms with E-state index in [1.165, 1.54) is 11.9 Å². The molecule has 124 valence electrons. The molecule has 0 amide bonds. The highest BCUT2D eigenvalue weighted by Gasteiger charge is 2.54. The van der Waals surface area contributed by atoms with Crippen molar-refractivity contribution in [1.29, 1.82) is 0 Å².